The molecule has 2 aromatic carbocycles. The van der Waals surface area contributed by atoms with Crippen LogP contribution in [-0.4, -0.2) is 9.55 Å². The average Bonchev–Trinajstić information content (AvgIpc) is 2.76. The van der Waals surface area contributed by atoms with Gasteiger partial charge in [0.05, 0.1) is 16.6 Å². The molecule has 20 heavy (non-hydrogen) atoms. The Morgan fingerprint density at radius 1 is 1.00 bits per heavy atom. The van der Waals surface area contributed by atoms with Crippen molar-refractivity contribution < 1.29 is 13.2 Å². The Bertz CT molecular complexity index is 772. The van der Waals surface area contributed by atoms with Gasteiger partial charge in [-0.1, -0.05) is 24.3 Å². The highest BCUT2D eigenvalue weighted by Crippen LogP contribution is 2.32. The Morgan fingerprint density at radius 2 is 1.75 bits per heavy atom. The highest BCUT2D eigenvalue weighted by Gasteiger charge is 2.30. The number of alkyl halides is 3. The van der Waals surface area contributed by atoms with E-state index in [1.54, 1.807) is 17.7 Å². The van der Waals surface area contributed by atoms with Gasteiger partial charge in [-0.05, 0) is 24.3 Å². The maximum Gasteiger partial charge on any atom is 0.416 e. The summed E-state index contributed by atoms with van der Waals surface area (Å²) in [6.45, 7) is 0. The lowest BCUT2D eigenvalue weighted by molar-refractivity contribution is -0.137. The van der Waals surface area contributed by atoms with Crippen molar-refractivity contribution in [1.29, 1.82) is 0 Å². The minimum atomic E-state index is -4.35. The molecule has 0 aliphatic heterocycles. The third kappa shape index (κ3) is 2.05. The number of aromatic nitrogens is 2. The lowest BCUT2D eigenvalue weighted by Gasteiger charge is -2.08. The molecular weight excluding hydrogens is 265 g/mol. The van der Waals surface area contributed by atoms with Gasteiger partial charge >= 0.3 is 6.18 Å². The normalized spacial score (nSPS) is 12.0. The summed E-state index contributed by atoms with van der Waals surface area (Å²) in [6, 6.07) is 12.7. The van der Waals surface area contributed by atoms with Crippen molar-refractivity contribution in [2.24, 2.45) is 7.05 Å². The fourth-order valence-corrected chi connectivity index (χ4v) is 2.24. The van der Waals surface area contributed by atoms with Crippen molar-refractivity contribution in [3.63, 3.8) is 0 Å². The third-order valence-electron chi connectivity index (χ3n) is 3.24. The number of rotatable bonds is 1. The smallest absolute Gasteiger partial charge is 0.327 e. The molecule has 1 heterocycles. The predicted octanol–water partition coefficient (Wildman–Crippen LogP) is 4.26. The first-order valence-corrected chi connectivity index (χ1v) is 6.06. The highest BCUT2D eigenvalue weighted by atomic mass is 19.4. The molecule has 0 spiro atoms. The zero-order valence-corrected chi connectivity index (χ0v) is 10.6. The molecular formula is C15H11F3N2. The Hall–Kier alpha value is -2.30. The van der Waals surface area contributed by atoms with Crippen molar-refractivity contribution in [3.8, 4) is 11.4 Å². The number of nitrogens with zero attached hydrogens (tertiary/aromatic N) is 2. The molecule has 0 amide bonds. The first kappa shape index (κ1) is 12.7. The monoisotopic (exact) mass is 276 g/mol. The molecule has 0 fully saturated rings. The summed E-state index contributed by atoms with van der Waals surface area (Å²) in [5.74, 6) is 0.525. The molecule has 0 saturated heterocycles. The van der Waals surface area contributed by atoms with Crippen LogP contribution < -0.4 is 0 Å². The van der Waals surface area contributed by atoms with Crippen LogP contribution in [0.25, 0.3) is 22.4 Å². The summed E-state index contributed by atoms with van der Waals surface area (Å²) in [5.41, 5.74) is 1.45. The van der Waals surface area contributed by atoms with Gasteiger partial charge in [-0.15, -0.1) is 0 Å². The van der Waals surface area contributed by atoms with E-state index >= 15 is 0 Å². The van der Waals surface area contributed by atoms with Crippen LogP contribution in [0.2, 0.25) is 0 Å². The molecule has 0 unspecified atom stereocenters. The largest absolute Gasteiger partial charge is 0.416 e. The van der Waals surface area contributed by atoms with Crippen molar-refractivity contribution in [3.05, 3.63) is 54.1 Å². The summed E-state index contributed by atoms with van der Waals surface area (Å²) in [7, 11) is 1.80. The third-order valence-corrected chi connectivity index (χ3v) is 3.24. The molecule has 0 N–H and O–H groups in total. The van der Waals surface area contributed by atoms with Crippen molar-refractivity contribution in [2.45, 2.75) is 6.18 Å². The number of benzene rings is 2. The van der Waals surface area contributed by atoms with E-state index in [1.807, 2.05) is 24.3 Å². The maximum absolute atomic E-state index is 12.8. The van der Waals surface area contributed by atoms with Crippen molar-refractivity contribution in [2.75, 3.05) is 0 Å². The zero-order chi connectivity index (χ0) is 14.3. The molecule has 102 valence electrons. The number of para-hydroxylation sites is 2. The molecule has 0 bridgehead atoms. The van der Waals surface area contributed by atoms with Crippen LogP contribution in [0.3, 0.4) is 0 Å². The van der Waals surface area contributed by atoms with Gasteiger partial charge in [0.2, 0.25) is 0 Å². The molecule has 0 aliphatic rings. The second kappa shape index (κ2) is 4.37. The Balaban J connectivity index is 2.18. The van der Waals surface area contributed by atoms with Crippen molar-refractivity contribution >= 4 is 11.0 Å². The van der Waals surface area contributed by atoms with Gasteiger partial charge < -0.3 is 4.57 Å². The summed E-state index contributed by atoms with van der Waals surface area (Å²) in [5, 5.41) is 0. The lowest BCUT2D eigenvalue weighted by Crippen LogP contribution is -2.05. The molecule has 1 aromatic heterocycles. The Labute approximate surface area is 113 Å². The first-order valence-electron chi connectivity index (χ1n) is 6.06. The summed E-state index contributed by atoms with van der Waals surface area (Å²) >= 11 is 0. The minimum Gasteiger partial charge on any atom is -0.327 e. The quantitative estimate of drug-likeness (QED) is 0.649. The highest BCUT2D eigenvalue weighted by molar-refractivity contribution is 5.80. The SMILES string of the molecule is Cn1c(-c2cccc(C(F)(F)F)c2)nc2ccccc21. The zero-order valence-electron chi connectivity index (χ0n) is 10.6. The van der Waals surface area contributed by atoms with Crippen molar-refractivity contribution in [1.82, 2.24) is 9.55 Å². The van der Waals surface area contributed by atoms with Gasteiger partial charge in [-0.25, -0.2) is 4.98 Å². The van der Waals surface area contributed by atoms with Crippen LogP contribution in [0.1, 0.15) is 5.56 Å². The van der Waals surface area contributed by atoms with Crippen LogP contribution in [0.4, 0.5) is 13.2 Å². The fraction of sp³-hybridized carbons (Fsp3) is 0.133. The molecule has 0 radical (unpaired) electrons. The Kier molecular flexibility index (Phi) is 2.78. The lowest BCUT2D eigenvalue weighted by atomic mass is 10.1. The molecule has 0 atom stereocenters. The van der Waals surface area contributed by atoms with Crippen LogP contribution >= 0.6 is 0 Å². The van der Waals surface area contributed by atoms with E-state index < -0.39 is 11.7 Å². The second-order valence-electron chi connectivity index (χ2n) is 4.56. The Morgan fingerprint density at radius 3 is 2.45 bits per heavy atom. The van der Waals surface area contributed by atoms with Gasteiger partial charge in [0, 0.05) is 12.6 Å². The van der Waals surface area contributed by atoms with Crippen LogP contribution in [-0.2, 0) is 13.2 Å². The van der Waals surface area contributed by atoms with Gasteiger partial charge in [-0.2, -0.15) is 13.2 Å². The minimum absolute atomic E-state index is 0.457. The van der Waals surface area contributed by atoms with E-state index in [-0.39, 0.29) is 0 Å². The molecule has 0 aliphatic carbocycles. The molecule has 3 aromatic rings. The summed E-state index contributed by atoms with van der Waals surface area (Å²) in [6.07, 6.45) is -4.35. The number of imidazole rings is 1. The number of hydrogen-bond acceptors (Lipinski definition) is 1. The topological polar surface area (TPSA) is 17.8 Å². The number of fused-ring (bicyclic) bond motifs is 1. The molecule has 3 rings (SSSR count). The summed E-state index contributed by atoms with van der Waals surface area (Å²) < 4.78 is 40.1. The predicted molar refractivity (Wildman–Crippen MR) is 71.2 cm³/mol. The fourth-order valence-electron chi connectivity index (χ4n) is 2.24. The van der Waals surface area contributed by atoms with Gasteiger partial charge in [0.1, 0.15) is 5.82 Å². The van der Waals surface area contributed by atoms with Gasteiger partial charge in [-0.3, -0.25) is 0 Å². The van der Waals surface area contributed by atoms with E-state index in [9.17, 15) is 13.2 Å². The molecule has 5 heteroatoms. The summed E-state index contributed by atoms with van der Waals surface area (Å²) in [4.78, 5) is 4.40. The number of hydrogen-bond donors (Lipinski definition) is 0. The first-order chi connectivity index (χ1) is 9.47. The number of aryl methyl sites for hydroxylation is 1. The standard InChI is InChI=1S/C15H11F3N2/c1-20-13-8-3-2-7-12(13)19-14(20)10-5-4-6-11(9-10)15(16,17)18/h2-9H,1H3. The van der Waals surface area contributed by atoms with Crippen LogP contribution in [0.15, 0.2) is 48.5 Å². The number of halogens is 3. The maximum atomic E-state index is 12.8. The van der Waals surface area contributed by atoms with E-state index in [2.05, 4.69) is 4.98 Å². The second-order valence-corrected chi connectivity index (χ2v) is 4.56. The average molecular weight is 276 g/mol. The van der Waals surface area contributed by atoms with E-state index in [0.717, 1.165) is 23.2 Å². The molecule has 0 saturated carbocycles. The van der Waals surface area contributed by atoms with E-state index in [1.165, 1.54) is 6.07 Å². The van der Waals surface area contributed by atoms with Gasteiger partial charge in [0.15, 0.2) is 0 Å². The van der Waals surface area contributed by atoms with E-state index in [0.29, 0.717) is 11.4 Å². The van der Waals surface area contributed by atoms with E-state index in [4.69, 9.17) is 0 Å². The van der Waals surface area contributed by atoms with Gasteiger partial charge in [0.25, 0.3) is 0 Å². The van der Waals surface area contributed by atoms with Crippen LogP contribution in [0, 0.1) is 0 Å². The molecule has 2 nitrogen and oxygen atoms in total. The van der Waals surface area contributed by atoms with Crippen LogP contribution in [0.5, 0.6) is 0 Å².